The fourth-order valence-electron chi connectivity index (χ4n) is 3.84. The molecule has 1 aliphatic heterocycles. The summed E-state index contributed by atoms with van der Waals surface area (Å²) in [6, 6.07) is 12.3. The first-order chi connectivity index (χ1) is 16.7. The van der Waals surface area contributed by atoms with Crippen molar-refractivity contribution >= 4 is 33.5 Å². The highest BCUT2D eigenvalue weighted by Gasteiger charge is 2.50. The molecule has 0 atom stereocenters. The molecule has 0 unspecified atom stereocenters. The number of hydrogen-bond acceptors (Lipinski definition) is 8. The van der Waals surface area contributed by atoms with Crippen LogP contribution in [0.4, 0.5) is 0 Å². The molecule has 3 rings (SSSR count). The lowest BCUT2D eigenvalue weighted by molar-refractivity contribution is -0.148. The third-order valence-corrected chi connectivity index (χ3v) is 7.84. The van der Waals surface area contributed by atoms with Crippen LogP contribution in [0.15, 0.2) is 53.4 Å². The first-order valence-corrected chi connectivity index (χ1v) is 12.8. The normalized spacial score (nSPS) is 15.4. The first kappa shape index (κ1) is 26.9. The van der Waals surface area contributed by atoms with Crippen molar-refractivity contribution in [1.29, 1.82) is 0 Å². The molecule has 0 spiro atoms. The maximum absolute atomic E-state index is 13.8. The second kappa shape index (κ2) is 11.8. The third kappa shape index (κ3) is 6.30. The summed E-state index contributed by atoms with van der Waals surface area (Å²) in [5.41, 5.74) is -0.0555. The summed E-state index contributed by atoms with van der Waals surface area (Å²) in [5, 5.41) is 9.97. The Bertz CT molecular complexity index is 1120. The fraction of sp³-hybridized carbons (Fsp3) is 0.391. The van der Waals surface area contributed by atoms with Crippen molar-refractivity contribution in [2.75, 3.05) is 26.4 Å². The summed E-state index contributed by atoms with van der Waals surface area (Å²) in [6.07, 6.45) is -0.273. The molecular formula is C23H27ClN2O8S. The Morgan fingerprint density at radius 2 is 1.66 bits per heavy atom. The lowest BCUT2D eigenvalue weighted by Crippen LogP contribution is -2.62. The summed E-state index contributed by atoms with van der Waals surface area (Å²) in [6.45, 7) is 1.66. The Labute approximate surface area is 208 Å². The van der Waals surface area contributed by atoms with Crippen LogP contribution in [0.5, 0.6) is 11.5 Å². The number of carbonyl (C=O) groups is 2. The number of hydrogen-bond donors (Lipinski definition) is 2. The van der Waals surface area contributed by atoms with Crippen molar-refractivity contribution in [3.63, 3.8) is 0 Å². The minimum absolute atomic E-state index is 0.000784. The van der Waals surface area contributed by atoms with Crippen molar-refractivity contribution in [2.45, 2.75) is 36.6 Å². The molecule has 2 aromatic carbocycles. The maximum atomic E-state index is 13.8. The number of nitrogens with one attached hydrogen (secondary N) is 1. The van der Waals surface area contributed by atoms with E-state index >= 15 is 0 Å². The molecule has 2 aromatic rings. The van der Waals surface area contributed by atoms with Crippen LogP contribution in [-0.4, -0.2) is 61.7 Å². The molecular weight excluding hydrogens is 500 g/mol. The van der Waals surface area contributed by atoms with Crippen LogP contribution in [0.3, 0.4) is 0 Å². The van der Waals surface area contributed by atoms with Crippen LogP contribution in [0.25, 0.3) is 0 Å². The van der Waals surface area contributed by atoms with Gasteiger partial charge in [-0.2, -0.15) is 4.31 Å². The zero-order chi connectivity index (χ0) is 25.5. The fourth-order valence-corrected chi connectivity index (χ4v) is 5.76. The standard InChI is InChI=1S/C23H27ClN2O8S/c1-2-33-21(27)11-14-26(23(22(28)25-29)12-15-32-16-13-23)35(30,31)20-9-7-19(8-10-20)34-18-5-3-17(24)4-6-18/h3-10,29H,2,11-16H2,1H3,(H,25,28). The average molecular weight is 527 g/mol. The molecule has 1 heterocycles. The van der Waals surface area contributed by atoms with Crippen LogP contribution >= 0.6 is 11.6 Å². The second-order valence-electron chi connectivity index (χ2n) is 7.74. The summed E-state index contributed by atoms with van der Waals surface area (Å²) >= 11 is 5.88. The number of amides is 1. The number of carbonyl (C=O) groups excluding carboxylic acids is 2. The molecule has 0 aromatic heterocycles. The van der Waals surface area contributed by atoms with Crippen molar-refractivity contribution in [3.8, 4) is 11.5 Å². The molecule has 12 heteroatoms. The summed E-state index contributed by atoms with van der Waals surface area (Å²) in [7, 11) is -4.30. The molecule has 0 aliphatic carbocycles. The smallest absolute Gasteiger partial charge is 0.307 e. The van der Waals surface area contributed by atoms with Crippen molar-refractivity contribution < 1.29 is 37.4 Å². The van der Waals surface area contributed by atoms with Gasteiger partial charge >= 0.3 is 5.97 Å². The first-order valence-electron chi connectivity index (χ1n) is 11.0. The molecule has 0 bridgehead atoms. The molecule has 1 saturated heterocycles. The lowest BCUT2D eigenvalue weighted by atomic mass is 9.89. The van der Waals surface area contributed by atoms with E-state index in [1.165, 1.54) is 24.3 Å². The van der Waals surface area contributed by atoms with Gasteiger partial charge in [0.05, 0.1) is 17.9 Å². The van der Waals surface area contributed by atoms with Gasteiger partial charge in [0.1, 0.15) is 17.0 Å². The van der Waals surface area contributed by atoms with E-state index in [0.717, 1.165) is 4.31 Å². The number of nitrogens with zero attached hydrogens (tertiary/aromatic N) is 1. The highest BCUT2D eigenvalue weighted by atomic mass is 35.5. The molecule has 1 amide bonds. The van der Waals surface area contributed by atoms with E-state index in [1.54, 1.807) is 36.7 Å². The predicted molar refractivity (Wildman–Crippen MR) is 126 cm³/mol. The molecule has 0 saturated carbocycles. The van der Waals surface area contributed by atoms with Gasteiger partial charge in [-0.05, 0) is 68.3 Å². The molecule has 1 aliphatic rings. The number of hydroxylamine groups is 1. The van der Waals surface area contributed by atoms with Gasteiger partial charge in [-0.3, -0.25) is 14.8 Å². The third-order valence-electron chi connectivity index (χ3n) is 5.61. The predicted octanol–water partition coefficient (Wildman–Crippen LogP) is 3.13. The highest BCUT2D eigenvalue weighted by molar-refractivity contribution is 7.89. The molecule has 2 N–H and O–H groups in total. The highest BCUT2D eigenvalue weighted by Crippen LogP contribution is 2.35. The van der Waals surface area contributed by atoms with Crippen molar-refractivity contribution in [2.24, 2.45) is 0 Å². The SMILES string of the molecule is CCOC(=O)CCN(C1(C(=O)NO)CCOCC1)S(=O)(=O)c1ccc(Oc2ccc(Cl)cc2)cc1. The molecule has 0 radical (unpaired) electrons. The minimum atomic E-state index is -4.30. The number of esters is 1. The van der Waals surface area contributed by atoms with E-state index in [4.69, 9.17) is 25.8 Å². The minimum Gasteiger partial charge on any atom is -0.466 e. The number of rotatable bonds is 10. The Hall–Kier alpha value is -2.70. The summed E-state index contributed by atoms with van der Waals surface area (Å²) < 4.78 is 44.4. The monoisotopic (exact) mass is 526 g/mol. The van der Waals surface area contributed by atoms with Crippen LogP contribution < -0.4 is 10.2 Å². The number of halogens is 1. The van der Waals surface area contributed by atoms with Crippen LogP contribution in [0.1, 0.15) is 26.2 Å². The van der Waals surface area contributed by atoms with Crippen molar-refractivity contribution in [1.82, 2.24) is 9.79 Å². The van der Waals surface area contributed by atoms with Gasteiger partial charge in [0.15, 0.2) is 0 Å². The van der Waals surface area contributed by atoms with E-state index in [1.807, 2.05) is 0 Å². The Morgan fingerprint density at radius 3 is 2.20 bits per heavy atom. The van der Waals surface area contributed by atoms with Gasteiger partial charge in [-0.15, -0.1) is 0 Å². The summed E-state index contributed by atoms with van der Waals surface area (Å²) in [4.78, 5) is 24.7. The van der Waals surface area contributed by atoms with Gasteiger partial charge in [-0.25, -0.2) is 13.9 Å². The van der Waals surface area contributed by atoms with Crippen LogP contribution in [0.2, 0.25) is 5.02 Å². The molecule has 35 heavy (non-hydrogen) atoms. The van der Waals surface area contributed by atoms with Crippen molar-refractivity contribution in [3.05, 3.63) is 53.6 Å². The Morgan fingerprint density at radius 1 is 1.09 bits per heavy atom. The zero-order valence-corrected chi connectivity index (χ0v) is 20.7. The van der Waals surface area contributed by atoms with E-state index in [9.17, 15) is 23.2 Å². The number of sulfonamides is 1. The molecule has 1 fully saturated rings. The average Bonchev–Trinajstić information content (AvgIpc) is 2.86. The van der Waals surface area contributed by atoms with Gasteiger partial charge in [0.25, 0.3) is 5.91 Å². The zero-order valence-electron chi connectivity index (χ0n) is 19.1. The number of benzene rings is 2. The Balaban J connectivity index is 1.93. The number of ether oxygens (including phenoxy) is 3. The van der Waals surface area contributed by atoms with Crippen LogP contribution in [0, 0.1) is 0 Å². The lowest BCUT2D eigenvalue weighted by Gasteiger charge is -2.43. The summed E-state index contributed by atoms with van der Waals surface area (Å²) in [5.74, 6) is -0.595. The van der Waals surface area contributed by atoms with E-state index in [0.29, 0.717) is 16.5 Å². The van der Waals surface area contributed by atoms with Gasteiger partial charge in [0, 0.05) is 24.8 Å². The molecule has 190 valence electrons. The quantitative estimate of drug-likeness (QED) is 0.274. The van der Waals surface area contributed by atoms with Gasteiger partial charge in [-0.1, -0.05) is 11.6 Å². The Kier molecular flexibility index (Phi) is 9.09. The van der Waals surface area contributed by atoms with Crippen LogP contribution in [-0.2, 0) is 29.1 Å². The van der Waals surface area contributed by atoms with Gasteiger partial charge < -0.3 is 14.2 Å². The van der Waals surface area contributed by atoms with E-state index in [-0.39, 0.29) is 50.5 Å². The van der Waals surface area contributed by atoms with E-state index < -0.39 is 27.4 Å². The van der Waals surface area contributed by atoms with E-state index in [2.05, 4.69) is 0 Å². The maximum Gasteiger partial charge on any atom is 0.307 e. The molecule has 10 nitrogen and oxygen atoms in total. The topological polar surface area (TPSA) is 131 Å². The second-order valence-corrected chi connectivity index (χ2v) is 10.0. The van der Waals surface area contributed by atoms with Gasteiger partial charge in [0.2, 0.25) is 10.0 Å². The largest absolute Gasteiger partial charge is 0.466 e.